The molecule has 0 aliphatic carbocycles. The number of aliphatic carboxylic acids is 1. The van der Waals surface area contributed by atoms with E-state index in [0.29, 0.717) is 19.3 Å². The number of carboxylic acids is 1. The molecule has 0 saturated carbocycles. The predicted octanol–water partition coefficient (Wildman–Crippen LogP) is 3.95. The first-order valence-corrected chi connectivity index (χ1v) is 32.0. The van der Waals surface area contributed by atoms with E-state index < -0.39 is 148 Å². The topological polar surface area (TPSA) is 373 Å². The van der Waals surface area contributed by atoms with Gasteiger partial charge in [-0.15, -0.1) is 0 Å². The summed E-state index contributed by atoms with van der Waals surface area (Å²) in [6.07, 6.45) is 8.11. The number of amides is 2. The Balaban J connectivity index is 1.62. The van der Waals surface area contributed by atoms with Crippen LogP contribution in [0, 0.1) is 0 Å². The lowest BCUT2D eigenvalue weighted by Gasteiger charge is -2.50. The fourth-order valence-corrected chi connectivity index (χ4v) is 11.3. The highest BCUT2D eigenvalue weighted by atomic mass is 16.8. The number of rotatable bonds is 47. The summed E-state index contributed by atoms with van der Waals surface area (Å²) in [7, 11) is 0. The minimum absolute atomic E-state index is 0.213. The van der Waals surface area contributed by atoms with Crippen molar-refractivity contribution in [2.24, 2.45) is 0 Å². The van der Waals surface area contributed by atoms with Gasteiger partial charge in [0, 0.05) is 19.8 Å². The molecule has 2 amide bonds. The van der Waals surface area contributed by atoms with Crippen LogP contribution in [0.5, 0.6) is 0 Å². The monoisotopic (exact) mass is 1210 g/mol. The molecule has 3 aliphatic rings. The first-order chi connectivity index (χ1) is 40.4. The lowest BCUT2D eigenvalue weighted by molar-refractivity contribution is -0.386. The van der Waals surface area contributed by atoms with Crippen molar-refractivity contribution in [3.05, 3.63) is 12.2 Å². The van der Waals surface area contributed by atoms with Gasteiger partial charge in [-0.3, -0.25) is 9.59 Å². The van der Waals surface area contributed by atoms with Crippen LogP contribution in [0.3, 0.4) is 0 Å². The molecule has 3 rings (SSSR count). The van der Waals surface area contributed by atoms with Crippen LogP contribution < -0.4 is 10.6 Å². The Morgan fingerprint density at radius 3 is 1.64 bits per heavy atom. The van der Waals surface area contributed by atoms with Crippen LogP contribution in [0.2, 0.25) is 0 Å². The van der Waals surface area contributed by atoms with Crippen molar-refractivity contribution in [2.75, 3.05) is 26.4 Å². The van der Waals surface area contributed by atoms with E-state index in [1.165, 1.54) is 103 Å². The molecule has 14 N–H and O–H groups in total. The second kappa shape index (κ2) is 43.2. The van der Waals surface area contributed by atoms with Gasteiger partial charge in [0.05, 0.1) is 50.7 Å². The molecule has 18 atom stereocenters. The molecule has 0 aromatic rings. The van der Waals surface area contributed by atoms with Crippen molar-refractivity contribution in [2.45, 2.75) is 330 Å². The van der Waals surface area contributed by atoms with Crippen LogP contribution in [0.15, 0.2) is 12.2 Å². The van der Waals surface area contributed by atoms with Crippen LogP contribution in [0.4, 0.5) is 0 Å². The fourth-order valence-electron chi connectivity index (χ4n) is 11.3. The Bertz CT molecular complexity index is 1770. The third-order valence-corrected chi connectivity index (χ3v) is 16.5. The number of hydrogen-bond acceptors (Lipinski definition) is 20. The van der Waals surface area contributed by atoms with E-state index in [-0.39, 0.29) is 18.9 Å². The van der Waals surface area contributed by atoms with Crippen molar-refractivity contribution < 1.29 is 104 Å². The summed E-state index contributed by atoms with van der Waals surface area (Å²) in [6, 6.07) is -2.53. The number of aliphatic hydroxyl groups excluding tert-OH is 11. The molecular weight excluding hydrogens is 1100 g/mol. The van der Waals surface area contributed by atoms with E-state index in [9.17, 15) is 75.7 Å². The Hall–Kier alpha value is -2.53. The fraction of sp³-hybridized carbons (Fsp3) is 0.918. The zero-order chi connectivity index (χ0) is 61.9. The van der Waals surface area contributed by atoms with Gasteiger partial charge in [-0.1, -0.05) is 180 Å². The van der Waals surface area contributed by atoms with Crippen molar-refractivity contribution in [3.8, 4) is 0 Å². The number of unbranched alkanes of at least 4 members (excludes halogenated alkanes) is 25. The van der Waals surface area contributed by atoms with Gasteiger partial charge in [0.15, 0.2) is 12.6 Å². The van der Waals surface area contributed by atoms with Crippen molar-refractivity contribution >= 4 is 17.8 Å². The van der Waals surface area contributed by atoms with Gasteiger partial charge in [0.1, 0.15) is 67.1 Å². The molecule has 18 unspecified atom stereocenters. The van der Waals surface area contributed by atoms with Crippen molar-refractivity contribution in [1.29, 1.82) is 0 Å². The molecule has 0 aromatic carbocycles. The van der Waals surface area contributed by atoms with Gasteiger partial charge in [0.2, 0.25) is 11.8 Å². The zero-order valence-corrected chi connectivity index (χ0v) is 50.8. The highest BCUT2D eigenvalue weighted by Gasteiger charge is 2.60. The molecule has 0 spiro atoms. The molecule has 0 aromatic heterocycles. The summed E-state index contributed by atoms with van der Waals surface area (Å²) in [6.45, 7) is 2.13. The molecule has 3 heterocycles. The van der Waals surface area contributed by atoms with Crippen LogP contribution in [-0.2, 0) is 42.8 Å². The van der Waals surface area contributed by atoms with Gasteiger partial charge in [-0.05, 0) is 32.1 Å². The minimum Gasteiger partial charge on any atom is -0.477 e. The summed E-state index contributed by atoms with van der Waals surface area (Å²) in [4.78, 5) is 38.4. The van der Waals surface area contributed by atoms with Crippen LogP contribution >= 0.6 is 0 Å². The second-order valence-corrected chi connectivity index (χ2v) is 23.6. The van der Waals surface area contributed by atoms with Gasteiger partial charge in [-0.25, -0.2) is 4.79 Å². The largest absolute Gasteiger partial charge is 0.477 e. The minimum atomic E-state index is -3.08. The molecule has 3 saturated heterocycles. The predicted molar refractivity (Wildman–Crippen MR) is 311 cm³/mol. The maximum atomic E-state index is 13.4. The van der Waals surface area contributed by atoms with E-state index in [4.69, 9.17) is 28.4 Å². The number of hydrogen-bond donors (Lipinski definition) is 14. The molecule has 84 heavy (non-hydrogen) atoms. The molecule has 492 valence electrons. The average molecular weight is 1210 g/mol. The number of aliphatic hydroxyl groups is 11. The molecule has 3 fully saturated rings. The standard InChI is InChI=1S/C61H112N2O21/c1-4-6-8-10-12-14-16-17-18-19-20-21-22-23-25-26-28-30-32-34-43(68)42(63-48(71)35-33-31-29-27-24-15-13-11-9-7-5-2)40-79-58-53(75)52(74)55(47(39-66)81-58)82-59-54(76)57(51(73)46(38-65)80-59)84-61(60(77)78)36-44(69)49(62-41(3)67)56(83-61)50(72)45(70)37-64/h11,13,42-47,49-59,64-66,68-70,72-76H,4-10,12,14-40H2,1-3H3,(H,62,67)(H,63,71)(H,77,78)/b13-11-. The van der Waals surface area contributed by atoms with Gasteiger partial charge in [-0.2, -0.15) is 0 Å². The highest BCUT2D eigenvalue weighted by molar-refractivity contribution is 5.77. The highest BCUT2D eigenvalue weighted by Crippen LogP contribution is 2.38. The smallest absolute Gasteiger partial charge is 0.364 e. The lowest BCUT2D eigenvalue weighted by Crippen LogP contribution is -2.70. The molecule has 0 radical (unpaired) electrons. The zero-order valence-electron chi connectivity index (χ0n) is 50.8. The summed E-state index contributed by atoms with van der Waals surface area (Å²) in [5, 5.41) is 136. The molecular formula is C61H112N2O21. The SMILES string of the molecule is CCCC/C=C\CCCCCCCC(=O)NC(COC1OC(CO)C(OC2OC(CO)C(O)C(OC3(C(=O)O)CC(O)C(NC(C)=O)C(C(O)C(O)CO)O3)C2O)C(O)C1O)C(O)CCCCCCCCCCCCCCCCCCCCC. The van der Waals surface area contributed by atoms with Crippen LogP contribution in [0.1, 0.15) is 220 Å². The maximum Gasteiger partial charge on any atom is 0.364 e. The van der Waals surface area contributed by atoms with E-state index >= 15 is 0 Å². The summed E-state index contributed by atoms with van der Waals surface area (Å²) in [5.41, 5.74) is 0. The quantitative estimate of drug-likeness (QED) is 0.0303. The van der Waals surface area contributed by atoms with E-state index in [0.717, 1.165) is 71.1 Å². The van der Waals surface area contributed by atoms with E-state index in [1.807, 2.05) is 0 Å². The van der Waals surface area contributed by atoms with Gasteiger partial charge in [0.25, 0.3) is 5.79 Å². The molecule has 23 heteroatoms. The first-order valence-electron chi connectivity index (χ1n) is 32.0. The van der Waals surface area contributed by atoms with E-state index in [1.54, 1.807) is 0 Å². The van der Waals surface area contributed by atoms with Crippen molar-refractivity contribution in [3.63, 3.8) is 0 Å². The number of carboxylic acid groups (broad SMARTS) is 1. The summed E-state index contributed by atoms with van der Waals surface area (Å²) in [5.74, 6) is -6.11. The first kappa shape index (κ1) is 75.7. The lowest BCUT2D eigenvalue weighted by atomic mass is 9.88. The van der Waals surface area contributed by atoms with Gasteiger partial charge >= 0.3 is 5.97 Å². The Labute approximate surface area is 499 Å². The van der Waals surface area contributed by atoms with E-state index in [2.05, 4.69) is 36.6 Å². The number of nitrogens with one attached hydrogen (secondary N) is 2. The Morgan fingerprint density at radius 2 is 1.12 bits per heavy atom. The number of carbonyl (C=O) groups is 3. The summed E-state index contributed by atoms with van der Waals surface area (Å²) < 4.78 is 34.7. The number of allylic oxidation sites excluding steroid dienone is 2. The molecule has 23 nitrogen and oxygen atoms in total. The second-order valence-electron chi connectivity index (χ2n) is 23.6. The Kier molecular flexibility index (Phi) is 38.9. The molecule has 0 bridgehead atoms. The van der Waals surface area contributed by atoms with Crippen LogP contribution in [-0.4, -0.2) is 215 Å². The molecule has 3 aliphatic heterocycles. The normalized spacial score (nSPS) is 29.8. The van der Waals surface area contributed by atoms with Crippen molar-refractivity contribution in [1.82, 2.24) is 10.6 Å². The maximum absolute atomic E-state index is 13.4. The third kappa shape index (κ3) is 26.7. The average Bonchev–Trinajstić information content (AvgIpc) is 1.96. The number of carbonyl (C=O) groups excluding carboxylic acids is 2. The Morgan fingerprint density at radius 1 is 0.607 bits per heavy atom. The van der Waals surface area contributed by atoms with Gasteiger partial charge < -0.3 is 100 Å². The summed E-state index contributed by atoms with van der Waals surface area (Å²) >= 11 is 0. The number of ether oxygens (including phenoxy) is 6. The third-order valence-electron chi connectivity index (χ3n) is 16.5. The van der Waals surface area contributed by atoms with Crippen LogP contribution in [0.25, 0.3) is 0 Å².